The topological polar surface area (TPSA) is 20.3 Å². The third-order valence-electron chi connectivity index (χ3n) is 2.65. The van der Waals surface area contributed by atoms with E-state index >= 15 is 0 Å². The van der Waals surface area contributed by atoms with E-state index in [1.807, 2.05) is 13.8 Å². The molecule has 94 valence electrons. The Labute approximate surface area is 114 Å². The largest absolute Gasteiger partial charge is 0.335 e. The summed E-state index contributed by atoms with van der Waals surface area (Å²) in [5, 5.41) is 0. The summed E-state index contributed by atoms with van der Waals surface area (Å²) in [5.41, 5.74) is -0.171. The molecule has 0 aliphatic carbocycles. The van der Waals surface area contributed by atoms with Crippen molar-refractivity contribution in [2.75, 3.05) is 12.9 Å². The summed E-state index contributed by atoms with van der Waals surface area (Å²) in [6.45, 7) is 3.71. The van der Waals surface area contributed by atoms with Crippen LogP contribution < -0.4 is 0 Å². The van der Waals surface area contributed by atoms with Gasteiger partial charge in [-0.2, -0.15) is 0 Å². The lowest BCUT2D eigenvalue weighted by atomic mass is 10.0. The molecular weight excluding hydrogens is 308 g/mol. The van der Waals surface area contributed by atoms with Crippen LogP contribution in [0, 0.1) is 5.82 Å². The highest BCUT2D eigenvalue weighted by atomic mass is 79.9. The fraction of sp³-hybridized carbons (Fsp3) is 0.417. The molecule has 1 aromatic rings. The highest BCUT2D eigenvalue weighted by Crippen LogP contribution is 2.20. The van der Waals surface area contributed by atoms with Gasteiger partial charge in [0.15, 0.2) is 0 Å². The van der Waals surface area contributed by atoms with E-state index in [-0.39, 0.29) is 5.91 Å². The highest BCUT2D eigenvalue weighted by Gasteiger charge is 2.27. The van der Waals surface area contributed by atoms with Gasteiger partial charge in [0, 0.05) is 23.0 Å². The van der Waals surface area contributed by atoms with Gasteiger partial charge in [0.1, 0.15) is 5.82 Å². The third kappa shape index (κ3) is 3.42. The maximum atomic E-state index is 13.2. The molecule has 0 bridgehead atoms. The van der Waals surface area contributed by atoms with Crippen LogP contribution in [-0.2, 0) is 0 Å². The zero-order chi connectivity index (χ0) is 13.2. The SMILES string of the molecule is CN(C(=O)c1cc(F)cc(Br)c1)C(C)(C)CCl. The van der Waals surface area contributed by atoms with Gasteiger partial charge in [-0.3, -0.25) is 4.79 Å². The second-order valence-electron chi connectivity index (χ2n) is 4.47. The van der Waals surface area contributed by atoms with Gasteiger partial charge >= 0.3 is 0 Å². The van der Waals surface area contributed by atoms with Gasteiger partial charge in [0.25, 0.3) is 5.91 Å². The van der Waals surface area contributed by atoms with Gasteiger partial charge in [-0.25, -0.2) is 4.39 Å². The first-order chi connectivity index (χ1) is 7.77. The number of halogens is 3. The van der Waals surface area contributed by atoms with Crippen molar-refractivity contribution in [3.63, 3.8) is 0 Å². The Balaban J connectivity index is 3.04. The van der Waals surface area contributed by atoms with E-state index in [4.69, 9.17) is 11.6 Å². The molecule has 0 radical (unpaired) electrons. The highest BCUT2D eigenvalue weighted by molar-refractivity contribution is 9.10. The average Bonchev–Trinajstić information content (AvgIpc) is 2.25. The second kappa shape index (κ2) is 5.36. The molecular formula is C12H14BrClFNO. The van der Waals surface area contributed by atoms with Gasteiger partial charge in [0.05, 0.1) is 5.54 Å². The van der Waals surface area contributed by atoms with Crippen molar-refractivity contribution in [1.82, 2.24) is 4.90 Å². The minimum Gasteiger partial charge on any atom is -0.335 e. The fourth-order valence-corrected chi connectivity index (χ4v) is 1.88. The number of carbonyl (C=O) groups excluding carboxylic acids is 1. The smallest absolute Gasteiger partial charge is 0.254 e. The minimum atomic E-state index is -0.475. The van der Waals surface area contributed by atoms with Gasteiger partial charge in [-0.05, 0) is 32.0 Å². The molecule has 17 heavy (non-hydrogen) atoms. The monoisotopic (exact) mass is 321 g/mol. The first kappa shape index (κ1) is 14.5. The summed E-state index contributed by atoms with van der Waals surface area (Å²) < 4.78 is 13.7. The van der Waals surface area contributed by atoms with Gasteiger partial charge in [-0.15, -0.1) is 11.6 Å². The molecule has 0 aromatic heterocycles. The normalized spacial score (nSPS) is 11.4. The standard InChI is InChI=1S/C12H14BrClFNO/c1-12(2,7-14)16(3)11(17)8-4-9(13)6-10(15)5-8/h4-6H,7H2,1-3H3. The Morgan fingerprint density at radius 3 is 2.53 bits per heavy atom. The van der Waals surface area contributed by atoms with Crippen LogP contribution >= 0.6 is 27.5 Å². The second-order valence-corrected chi connectivity index (χ2v) is 5.65. The summed E-state index contributed by atoms with van der Waals surface area (Å²) in [6.07, 6.45) is 0. The zero-order valence-electron chi connectivity index (χ0n) is 9.93. The van der Waals surface area contributed by atoms with Crippen LogP contribution in [0.25, 0.3) is 0 Å². The number of carbonyl (C=O) groups is 1. The predicted molar refractivity (Wildman–Crippen MR) is 71.0 cm³/mol. The molecule has 1 amide bonds. The predicted octanol–water partition coefficient (Wildman–Crippen LogP) is 3.68. The summed E-state index contributed by atoms with van der Waals surface area (Å²) in [7, 11) is 1.66. The van der Waals surface area contributed by atoms with Crippen LogP contribution in [0.15, 0.2) is 22.7 Å². The summed E-state index contributed by atoms with van der Waals surface area (Å²) in [4.78, 5) is 13.6. The van der Waals surface area contributed by atoms with E-state index in [2.05, 4.69) is 15.9 Å². The van der Waals surface area contributed by atoms with E-state index in [0.717, 1.165) is 0 Å². The van der Waals surface area contributed by atoms with E-state index in [1.54, 1.807) is 13.1 Å². The molecule has 0 heterocycles. The summed E-state index contributed by atoms with van der Waals surface area (Å²) in [6, 6.07) is 4.11. The van der Waals surface area contributed by atoms with Crippen molar-refractivity contribution in [2.24, 2.45) is 0 Å². The Morgan fingerprint density at radius 1 is 1.47 bits per heavy atom. The first-order valence-electron chi connectivity index (χ1n) is 5.08. The van der Waals surface area contributed by atoms with E-state index < -0.39 is 11.4 Å². The molecule has 1 aromatic carbocycles. The molecule has 0 aliphatic rings. The van der Waals surface area contributed by atoms with Gasteiger partial charge in [0.2, 0.25) is 0 Å². The van der Waals surface area contributed by atoms with Gasteiger partial charge < -0.3 is 4.90 Å². The Hall–Kier alpha value is -0.610. The first-order valence-corrected chi connectivity index (χ1v) is 6.41. The maximum absolute atomic E-state index is 13.2. The van der Waals surface area contributed by atoms with Crippen molar-refractivity contribution in [2.45, 2.75) is 19.4 Å². The number of amides is 1. The van der Waals surface area contributed by atoms with E-state index in [9.17, 15) is 9.18 Å². The Morgan fingerprint density at radius 2 is 2.06 bits per heavy atom. The lowest BCUT2D eigenvalue weighted by Gasteiger charge is -2.34. The molecule has 0 spiro atoms. The minimum absolute atomic E-state index is 0.254. The van der Waals surface area contributed by atoms with Crippen LogP contribution in [0.4, 0.5) is 4.39 Å². The lowest BCUT2D eigenvalue weighted by Crippen LogP contribution is -2.46. The van der Waals surface area contributed by atoms with Crippen LogP contribution in [0.1, 0.15) is 24.2 Å². The van der Waals surface area contributed by atoms with Crippen molar-refractivity contribution >= 4 is 33.4 Å². The van der Waals surface area contributed by atoms with Crippen molar-refractivity contribution in [3.05, 3.63) is 34.1 Å². The molecule has 5 heteroatoms. The number of alkyl halides is 1. The molecule has 0 unspecified atom stereocenters. The van der Waals surface area contributed by atoms with Gasteiger partial charge in [-0.1, -0.05) is 15.9 Å². The molecule has 1 rings (SSSR count). The van der Waals surface area contributed by atoms with Crippen LogP contribution in [0.2, 0.25) is 0 Å². The van der Waals surface area contributed by atoms with Crippen molar-refractivity contribution in [3.8, 4) is 0 Å². The number of rotatable bonds is 3. The molecule has 2 nitrogen and oxygen atoms in total. The third-order valence-corrected chi connectivity index (χ3v) is 3.76. The van der Waals surface area contributed by atoms with E-state index in [0.29, 0.717) is 15.9 Å². The summed E-state index contributed by atoms with van der Waals surface area (Å²) in [5.74, 6) is -0.387. The number of nitrogens with zero attached hydrogens (tertiary/aromatic N) is 1. The molecule has 0 N–H and O–H groups in total. The quantitative estimate of drug-likeness (QED) is 0.777. The molecule has 0 atom stereocenters. The molecule has 0 aliphatic heterocycles. The fourth-order valence-electron chi connectivity index (χ4n) is 1.24. The van der Waals surface area contributed by atoms with E-state index in [1.165, 1.54) is 17.0 Å². The number of hydrogen-bond acceptors (Lipinski definition) is 1. The van der Waals surface area contributed by atoms with Crippen LogP contribution in [0.5, 0.6) is 0 Å². The lowest BCUT2D eigenvalue weighted by molar-refractivity contribution is 0.0659. The van der Waals surface area contributed by atoms with Crippen LogP contribution in [-0.4, -0.2) is 29.3 Å². The Bertz CT molecular complexity index is 416. The number of hydrogen-bond donors (Lipinski definition) is 0. The molecule has 0 saturated heterocycles. The summed E-state index contributed by atoms with van der Waals surface area (Å²) >= 11 is 8.97. The number of benzene rings is 1. The maximum Gasteiger partial charge on any atom is 0.254 e. The van der Waals surface area contributed by atoms with Crippen LogP contribution in [0.3, 0.4) is 0 Å². The molecule has 0 fully saturated rings. The average molecular weight is 323 g/mol. The van der Waals surface area contributed by atoms with Crippen molar-refractivity contribution < 1.29 is 9.18 Å². The van der Waals surface area contributed by atoms with Crippen molar-refractivity contribution in [1.29, 1.82) is 0 Å². The molecule has 0 saturated carbocycles. The zero-order valence-corrected chi connectivity index (χ0v) is 12.3. The Kier molecular flexibility index (Phi) is 4.55.